The van der Waals surface area contributed by atoms with Crippen LogP contribution in [0.4, 0.5) is 0 Å². The standard InChI is InChI=1S/C81H115O9P/c1-5-9-13-17-21-25-29-33-40-46-62-66-50-68-63(47-41-34-30-26-22-18-14-10-6-2)70-52-72-65(49-43-36-32-28-24-20-16-12-8-4)73-53-71-64(48-42-35-31-27-23-19-15-11-7-3)69-51-67(62)75-55-77(69)86-60-88-79(71)57-81(73)90-91(82,61-44-38-37-39-45-61)89-80(72)56-78(70)87-59-85-76(68)54-74(66)83-58-84-75/h37-39,44-45,50-57,62-65H,5-36,40-43,46-49,58-60H2,1-4H3. The zero-order chi connectivity index (χ0) is 62.9. The third kappa shape index (κ3) is 18.6. The van der Waals surface area contributed by atoms with Gasteiger partial charge in [0, 0.05) is 92.4 Å². The van der Waals surface area contributed by atoms with Crippen molar-refractivity contribution < 1.29 is 42.0 Å². The molecule has 8 bridgehead atoms. The van der Waals surface area contributed by atoms with Crippen molar-refractivity contribution in [2.45, 2.75) is 308 Å². The van der Waals surface area contributed by atoms with Crippen LogP contribution in [0.15, 0.2) is 78.9 Å². The predicted octanol–water partition coefficient (Wildman–Crippen LogP) is 24.7. The SMILES string of the molecule is CCCCCCCCCCCC1c2cc3c4cc2OCOc2cc5c(cc21)C(CCCCCCCCCCC)c1cc2c(cc1OCO5)OP(=O)(c1ccccc1)Oc1cc(c(cc1C2CCCCCCCCCCC)C3CCCCCCCCCCC)OCO4. The summed E-state index contributed by atoms with van der Waals surface area (Å²) in [5.41, 5.74) is 9.03. The van der Waals surface area contributed by atoms with Gasteiger partial charge >= 0.3 is 7.60 Å². The van der Waals surface area contributed by atoms with E-state index in [-0.39, 0.29) is 44.1 Å². The van der Waals surface area contributed by atoms with E-state index in [0.29, 0.717) is 28.3 Å². The highest BCUT2D eigenvalue weighted by Gasteiger charge is 2.42. The number of hydrogen-bond acceptors (Lipinski definition) is 9. The zero-order valence-corrected chi connectivity index (χ0v) is 57.7. The van der Waals surface area contributed by atoms with E-state index >= 15 is 4.57 Å². The van der Waals surface area contributed by atoms with Crippen molar-refractivity contribution in [3.8, 4) is 46.0 Å². The average molecular weight is 1260 g/mol. The van der Waals surface area contributed by atoms with E-state index in [1.165, 1.54) is 208 Å². The molecule has 0 amide bonds. The van der Waals surface area contributed by atoms with E-state index in [4.69, 9.17) is 37.5 Å². The molecule has 5 aliphatic rings. The molecule has 4 heterocycles. The van der Waals surface area contributed by atoms with Gasteiger partial charge in [0.1, 0.15) is 46.0 Å². The van der Waals surface area contributed by atoms with Crippen LogP contribution in [0.25, 0.3) is 0 Å². The Hall–Kier alpha value is -5.27. The lowest BCUT2D eigenvalue weighted by Crippen LogP contribution is -2.23. The summed E-state index contributed by atoms with van der Waals surface area (Å²) in [7, 11) is -4.14. The molecule has 5 aromatic rings. The van der Waals surface area contributed by atoms with Gasteiger partial charge in [0.25, 0.3) is 0 Å². The van der Waals surface area contributed by atoms with Crippen molar-refractivity contribution >= 4 is 12.9 Å². The van der Waals surface area contributed by atoms with E-state index in [9.17, 15) is 0 Å². The summed E-state index contributed by atoms with van der Waals surface area (Å²) < 4.78 is 71.8. The Morgan fingerprint density at radius 2 is 0.484 bits per heavy atom. The molecule has 5 aromatic carbocycles. The van der Waals surface area contributed by atoms with Gasteiger partial charge in [-0.3, -0.25) is 0 Å². The number of unbranched alkanes of at least 4 members (excludes halogenated alkanes) is 32. The van der Waals surface area contributed by atoms with Crippen molar-refractivity contribution in [2.75, 3.05) is 20.4 Å². The Bertz CT molecular complexity index is 2890. The molecular formula is C81H115O9P. The molecule has 2 atom stereocenters. The average Bonchev–Trinajstić information content (AvgIpc) is 0.760. The van der Waals surface area contributed by atoms with Gasteiger partial charge in [-0.2, -0.15) is 0 Å². The van der Waals surface area contributed by atoms with Crippen LogP contribution in [0.2, 0.25) is 0 Å². The summed E-state index contributed by atoms with van der Waals surface area (Å²) in [5, 5.41) is 0.488. The van der Waals surface area contributed by atoms with E-state index < -0.39 is 7.60 Å². The maximum atomic E-state index is 16.3. The molecule has 2 unspecified atom stereocenters. The first kappa shape index (κ1) is 68.6. The maximum absolute atomic E-state index is 16.3. The highest BCUT2D eigenvalue weighted by Crippen LogP contribution is 2.60. The van der Waals surface area contributed by atoms with Crippen molar-refractivity contribution in [3.05, 3.63) is 123 Å². The largest absolute Gasteiger partial charge is 0.462 e. The number of hydrogen-bond donors (Lipinski definition) is 0. The van der Waals surface area contributed by atoms with Crippen molar-refractivity contribution in [1.82, 2.24) is 0 Å². The Balaban J connectivity index is 1.15. The molecule has 9 nitrogen and oxygen atoms in total. The summed E-state index contributed by atoms with van der Waals surface area (Å²) in [5.74, 6) is 5.30. The van der Waals surface area contributed by atoms with Crippen molar-refractivity contribution in [3.63, 3.8) is 0 Å². The monoisotopic (exact) mass is 1260 g/mol. The number of benzene rings is 5. The van der Waals surface area contributed by atoms with E-state index in [2.05, 4.69) is 76.2 Å². The summed E-state index contributed by atoms with van der Waals surface area (Å²) in [6.07, 6.45) is 48.5. The van der Waals surface area contributed by atoms with Gasteiger partial charge < -0.3 is 37.5 Å². The molecule has 1 aliphatic carbocycles. The van der Waals surface area contributed by atoms with Crippen LogP contribution in [0.1, 0.15) is 353 Å². The molecule has 0 saturated heterocycles. The Morgan fingerprint density at radius 1 is 0.275 bits per heavy atom. The van der Waals surface area contributed by atoms with Crippen molar-refractivity contribution in [2.24, 2.45) is 0 Å². The molecule has 0 N–H and O–H groups in total. The second kappa shape index (κ2) is 36.4. The molecule has 4 aliphatic heterocycles. The Morgan fingerprint density at radius 3 is 0.725 bits per heavy atom. The number of ether oxygens (including phenoxy) is 6. The number of rotatable bonds is 41. The van der Waals surface area contributed by atoms with Crippen LogP contribution in [0.5, 0.6) is 46.0 Å². The molecular weight excluding hydrogens is 1150 g/mol. The lowest BCUT2D eigenvalue weighted by molar-refractivity contribution is 0.103. The fraction of sp³-hybridized carbons (Fsp3) is 0.630. The molecule has 0 saturated carbocycles. The summed E-state index contributed by atoms with van der Waals surface area (Å²) in [6, 6.07) is 27.8. The lowest BCUT2D eigenvalue weighted by Gasteiger charge is -2.36. The van der Waals surface area contributed by atoms with Crippen molar-refractivity contribution in [1.29, 1.82) is 0 Å². The third-order valence-corrected chi connectivity index (χ3v) is 22.6. The smallest absolute Gasteiger partial charge is 0.457 e. The molecule has 0 fully saturated rings. The van der Waals surface area contributed by atoms with Crippen LogP contribution >= 0.6 is 7.60 Å². The molecule has 498 valence electrons. The molecule has 0 radical (unpaired) electrons. The van der Waals surface area contributed by atoms with Gasteiger partial charge in [-0.05, 0) is 62.1 Å². The fourth-order valence-corrected chi connectivity index (χ4v) is 17.1. The summed E-state index contributed by atoms with van der Waals surface area (Å²) in [6.45, 7) is 9.22. The molecule has 10 rings (SSSR count). The predicted molar refractivity (Wildman–Crippen MR) is 374 cm³/mol. The van der Waals surface area contributed by atoms with Crippen LogP contribution < -0.4 is 42.8 Å². The Labute approximate surface area is 550 Å². The molecule has 91 heavy (non-hydrogen) atoms. The van der Waals surface area contributed by atoms with Crippen LogP contribution in [0, 0.1) is 0 Å². The van der Waals surface area contributed by atoms with E-state index in [1.54, 1.807) is 0 Å². The van der Waals surface area contributed by atoms with Gasteiger partial charge in [0.15, 0.2) is 0 Å². The minimum absolute atomic E-state index is 0.0142. The first-order valence-corrected chi connectivity index (χ1v) is 39.0. The first-order valence-electron chi connectivity index (χ1n) is 37.4. The normalized spacial score (nSPS) is 19.0. The third-order valence-electron chi connectivity index (χ3n) is 20.8. The van der Waals surface area contributed by atoms with E-state index in [1.807, 2.05) is 30.3 Å². The molecule has 0 aromatic heterocycles. The molecule has 0 spiro atoms. The van der Waals surface area contributed by atoms with Crippen LogP contribution in [-0.4, -0.2) is 20.4 Å². The first-order chi connectivity index (χ1) is 44.9. The summed E-state index contributed by atoms with van der Waals surface area (Å²) in [4.78, 5) is 0. The lowest BCUT2D eigenvalue weighted by atomic mass is 9.76. The second-order valence-electron chi connectivity index (χ2n) is 27.6. The highest BCUT2D eigenvalue weighted by atomic mass is 31.2. The minimum Gasteiger partial charge on any atom is -0.457 e. The topological polar surface area (TPSA) is 90.9 Å². The van der Waals surface area contributed by atoms with Gasteiger partial charge in [-0.15, -0.1) is 0 Å². The van der Waals surface area contributed by atoms with Gasteiger partial charge in [0.05, 0.1) is 5.30 Å². The summed E-state index contributed by atoms with van der Waals surface area (Å²) >= 11 is 0. The minimum atomic E-state index is -4.14. The van der Waals surface area contributed by atoms with Gasteiger partial charge in [0.2, 0.25) is 20.4 Å². The quantitative estimate of drug-likeness (QED) is 0.0280. The highest BCUT2D eigenvalue weighted by molar-refractivity contribution is 7.63. The van der Waals surface area contributed by atoms with Gasteiger partial charge in [-0.1, -0.05) is 277 Å². The Kier molecular flexibility index (Phi) is 27.4. The maximum Gasteiger partial charge on any atom is 0.462 e. The fourth-order valence-electron chi connectivity index (χ4n) is 15.5. The van der Waals surface area contributed by atoms with E-state index in [0.717, 1.165) is 116 Å². The molecule has 10 heteroatoms. The second-order valence-corrected chi connectivity index (χ2v) is 29.5. The van der Waals surface area contributed by atoms with Crippen LogP contribution in [0.3, 0.4) is 0 Å². The zero-order valence-electron chi connectivity index (χ0n) is 56.8. The van der Waals surface area contributed by atoms with Crippen LogP contribution in [-0.2, 0) is 4.57 Å². The van der Waals surface area contributed by atoms with Gasteiger partial charge in [-0.25, -0.2) is 4.57 Å².